The summed E-state index contributed by atoms with van der Waals surface area (Å²) in [6.45, 7) is 0.440. The molecule has 4 heterocycles. The number of carbonyl (C=O) groups excluding carboxylic acids is 4. The van der Waals surface area contributed by atoms with Gasteiger partial charge in [-0.2, -0.15) is 17.5 Å². The summed E-state index contributed by atoms with van der Waals surface area (Å²) in [7, 11) is 0. The van der Waals surface area contributed by atoms with Crippen LogP contribution in [0.3, 0.4) is 0 Å². The van der Waals surface area contributed by atoms with E-state index < -0.39 is 59.5 Å². The summed E-state index contributed by atoms with van der Waals surface area (Å²) in [6.07, 6.45) is -3.71. The fourth-order valence-electron chi connectivity index (χ4n) is 5.14. The Kier molecular flexibility index (Phi) is 8.23. The Morgan fingerprint density at radius 3 is 2.57 bits per heavy atom. The molecule has 240 valence electrons. The first-order valence-corrected chi connectivity index (χ1v) is 14.8. The van der Waals surface area contributed by atoms with Crippen LogP contribution in [0.15, 0.2) is 54.7 Å². The van der Waals surface area contributed by atoms with E-state index in [1.165, 1.54) is 13.0 Å². The molecule has 0 saturated heterocycles. The van der Waals surface area contributed by atoms with Crippen molar-refractivity contribution in [1.29, 1.82) is 0 Å². The van der Waals surface area contributed by atoms with Crippen molar-refractivity contribution in [3.8, 4) is 0 Å². The number of nitrogens with zero attached hydrogens (tertiary/aromatic N) is 4. The van der Waals surface area contributed by atoms with Gasteiger partial charge in [0.2, 0.25) is 11.7 Å². The number of benzene rings is 2. The number of pyridine rings is 1. The number of carbonyl (C=O) groups is 4. The first-order chi connectivity index (χ1) is 22.3. The second-order valence-electron chi connectivity index (χ2n) is 10.4. The van der Waals surface area contributed by atoms with Crippen LogP contribution in [-0.2, 0) is 28.9 Å². The summed E-state index contributed by atoms with van der Waals surface area (Å²) in [6, 6.07) is 11.2. The summed E-state index contributed by atoms with van der Waals surface area (Å²) in [5, 5.41) is 8.05. The second-order valence-corrected chi connectivity index (χ2v) is 11.7. The molecule has 3 aromatic heterocycles. The summed E-state index contributed by atoms with van der Waals surface area (Å²) in [4.78, 5) is 60.7. The van der Waals surface area contributed by atoms with E-state index in [4.69, 9.17) is 11.6 Å². The van der Waals surface area contributed by atoms with Crippen LogP contribution in [0.25, 0.3) is 10.1 Å². The molecule has 5 aromatic rings. The van der Waals surface area contributed by atoms with E-state index in [9.17, 15) is 36.7 Å². The van der Waals surface area contributed by atoms with Gasteiger partial charge in [0.1, 0.15) is 28.9 Å². The Bertz CT molecular complexity index is 2100. The molecule has 11 nitrogen and oxygen atoms in total. The number of ketones is 1. The van der Waals surface area contributed by atoms with Gasteiger partial charge < -0.3 is 20.5 Å². The quantitative estimate of drug-likeness (QED) is 0.181. The fraction of sp³-hybridized carbons (Fsp3) is 0.167. The number of Topliss-reactive ketones (excluding diaryl/α,β-unsaturated/α-hetero) is 1. The Hall–Kier alpha value is -5.22. The third-order valence-corrected chi connectivity index (χ3v) is 8.21. The molecule has 0 bridgehead atoms. The molecule has 17 heteroatoms. The normalized spacial score (nSPS) is 14.2. The van der Waals surface area contributed by atoms with Crippen molar-refractivity contribution in [2.45, 2.75) is 32.1 Å². The molecule has 1 aliphatic heterocycles. The molecule has 1 aliphatic rings. The number of anilines is 2. The molecule has 0 aliphatic carbocycles. The zero-order valence-electron chi connectivity index (χ0n) is 23.9. The van der Waals surface area contributed by atoms with Crippen molar-refractivity contribution in [2.75, 3.05) is 10.6 Å². The largest absolute Gasteiger partial charge is 0.433 e. The van der Waals surface area contributed by atoms with Gasteiger partial charge in [-0.25, -0.2) is 9.37 Å². The third kappa shape index (κ3) is 6.16. The zero-order chi connectivity index (χ0) is 33.6. The van der Waals surface area contributed by atoms with Gasteiger partial charge in [-0.05, 0) is 53.8 Å². The van der Waals surface area contributed by atoms with Crippen molar-refractivity contribution in [2.24, 2.45) is 0 Å². The molecule has 6 rings (SSSR count). The Morgan fingerprint density at radius 2 is 1.87 bits per heavy atom. The van der Waals surface area contributed by atoms with E-state index in [1.807, 2.05) is 0 Å². The smallest absolute Gasteiger partial charge is 0.345 e. The maximum Gasteiger partial charge on any atom is 0.433 e. The SMILES string of the molecule is CC(=O)Cn1c(C(=O)NCc2ccc(C(F)(F)F)nc2)nc(NC(=O)c2nsc3ccccc23)c1C1C(=O)Nc2c(F)cc(Cl)cc21. The average Bonchev–Trinajstić information content (AvgIpc) is 3.68. The van der Waals surface area contributed by atoms with Gasteiger partial charge in [-0.1, -0.05) is 35.9 Å². The predicted octanol–water partition coefficient (Wildman–Crippen LogP) is 5.55. The average molecular weight is 686 g/mol. The lowest BCUT2D eigenvalue weighted by molar-refractivity contribution is -0.141. The number of amides is 3. The topological polar surface area (TPSA) is 148 Å². The third-order valence-electron chi connectivity index (χ3n) is 7.16. The Balaban J connectivity index is 1.43. The lowest BCUT2D eigenvalue weighted by Crippen LogP contribution is -2.29. The maximum absolute atomic E-state index is 14.9. The van der Waals surface area contributed by atoms with Crippen LogP contribution in [0.1, 0.15) is 56.5 Å². The number of aromatic nitrogens is 4. The van der Waals surface area contributed by atoms with Crippen LogP contribution >= 0.6 is 23.1 Å². The minimum absolute atomic E-state index is 0.0313. The van der Waals surface area contributed by atoms with E-state index in [-0.39, 0.29) is 45.6 Å². The highest BCUT2D eigenvalue weighted by Crippen LogP contribution is 2.43. The highest BCUT2D eigenvalue weighted by atomic mass is 35.5. The molecule has 0 saturated carbocycles. The first kappa shape index (κ1) is 31.7. The monoisotopic (exact) mass is 685 g/mol. The van der Waals surface area contributed by atoms with Crippen LogP contribution in [0.5, 0.6) is 0 Å². The molecule has 1 atom stereocenters. The molecule has 0 spiro atoms. The molecule has 0 radical (unpaired) electrons. The highest BCUT2D eigenvalue weighted by molar-refractivity contribution is 7.13. The van der Waals surface area contributed by atoms with Gasteiger partial charge in [-0.3, -0.25) is 24.2 Å². The number of imidazole rings is 1. The van der Waals surface area contributed by atoms with Crippen LogP contribution in [0.4, 0.5) is 29.1 Å². The zero-order valence-corrected chi connectivity index (χ0v) is 25.5. The second kappa shape index (κ2) is 12.2. The Labute approximate surface area is 271 Å². The van der Waals surface area contributed by atoms with E-state index in [0.717, 1.165) is 40.5 Å². The van der Waals surface area contributed by atoms with Gasteiger partial charge in [0.15, 0.2) is 5.82 Å². The molecule has 3 amide bonds. The highest BCUT2D eigenvalue weighted by Gasteiger charge is 2.41. The van der Waals surface area contributed by atoms with E-state index >= 15 is 0 Å². The molecular weight excluding hydrogens is 666 g/mol. The molecule has 3 N–H and O–H groups in total. The van der Waals surface area contributed by atoms with Gasteiger partial charge in [0.25, 0.3) is 11.8 Å². The van der Waals surface area contributed by atoms with Gasteiger partial charge in [0, 0.05) is 23.2 Å². The standard InChI is InChI=1S/C30H20ClF4N7O4S/c1-13(43)12-42-24(21-17-8-15(31)9-18(32)22(17)38-27(21)44)25(40-28(45)23-16-4-2-3-5-19(16)47-41-23)39-26(42)29(46)37-11-14-6-7-20(36-10-14)30(33,34)35/h2-10,21H,11-12H2,1H3,(H,37,46)(H,38,44)(H,40,45). The van der Waals surface area contributed by atoms with E-state index in [1.54, 1.807) is 24.3 Å². The van der Waals surface area contributed by atoms with Gasteiger partial charge in [-0.15, -0.1) is 0 Å². The predicted molar refractivity (Wildman–Crippen MR) is 163 cm³/mol. The van der Waals surface area contributed by atoms with E-state index in [0.29, 0.717) is 10.1 Å². The van der Waals surface area contributed by atoms with Crippen LogP contribution in [0, 0.1) is 5.82 Å². The minimum Gasteiger partial charge on any atom is -0.345 e. The van der Waals surface area contributed by atoms with Crippen molar-refractivity contribution in [1.82, 2.24) is 24.2 Å². The number of alkyl halides is 3. The summed E-state index contributed by atoms with van der Waals surface area (Å²) >= 11 is 7.20. The van der Waals surface area contributed by atoms with Crippen molar-refractivity contribution in [3.05, 3.63) is 99.6 Å². The summed E-state index contributed by atoms with van der Waals surface area (Å²) < 4.78 is 59.7. The van der Waals surface area contributed by atoms with Crippen molar-refractivity contribution in [3.63, 3.8) is 0 Å². The number of hydrogen-bond donors (Lipinski definition) is 3. The molecule has 1 unspecified atom stereocenters. The van der Waals surface area contributed by atoms with Crippen molar-refractivity contribution < 1.29 is 36.7 Å². The van der Waals surface area contributed by atoms with Crippen LogP contribution in [-0.4, -0.2) is 42.4 Å². The van der Waals surface area contributed by atoms with Crippen LogP contribution < -0.4 is 16.0 Å². The molecule has 2 aromatic carbocycles. The van der Waals surface area contributed by atoms with E-state index in [2.05, 4.69) is 30.3 Å². The molecule has 0 fully saturated rings. The minimum atomic E-state index is -4.65. The number of hydrogen-bond acceptors (Lipinski definition) is 8. The number of fused-ring (bicyclic) bond motifs is 2. The Morgan fingerprint density at radius 1 is 1.11 bits per heavy atom. The molecular formula is C30H20ClF4N7O4S. The number of halogens is 5. The summed E-state index contributed by atoms with van der Waals surface area (Å²) in [5.74, 6) is -5.78. The van der Waals surface area contributed by atoms with Gasteiger partial charge in [0.05, 0.1) is 22.6 Å². The lowest BCUT2D eigenvalue weighted by Gasteiger charge is -2.16. The van der Waals surface area contributed by atoms with Crippen molar-refractivity contribution >= 4 is 68.2 Å². The first-order valence-electron chi connectivity index (χ1n) is 13.7. The van der Waals surface area contributed by atoms with Gasteiger partial charge >= 0.3 is 6.18 Å². The summed E-state index contributed by atoms with van der Waals surface area (Å²) in [5.41, 5.74) is -1.09. The number of nitrogens with one attached hydrogen (secondary N) is 3. The maximum atomic E-state index is 14.9. The lowest BCUT2D eigenvalue weighted by atomic mass is 9.96. The number of rotatable bonds is 8. The van der Waals surface area contributed by atoms with Crippen LogP contribution in [0.2, 0.25) is 5.02 Å². The molecule has 47 heavy (non-hydrogen) atoms. The fourth-order valence-corrected chi connectivity index (χ4v) is 6.13.